The Morgan fingerprint density at radius 3 is 2.46 bits per heavy atom. The van der Waals surface area contributed by atoms with E-state index in [0.29, 0.717) is 23.9 Å². The number of aromatic nitrogens is 1. The van der Waals surface area contributed by atoms with Crippen LogP contribution in [0.4, 0.5) is 11.5 Å². The molecule has 0 aliphatic heterocycles. The molecule has 1 aliphatic carbocycles. The average Bonchev–Trinajstić information content (AvgIpc) is 3.25. The largest absolute Gasteiger partial charge is 0.360 e. The van der Waals surface area contributed by atoms with E-state index in [9.17, 15) is 9.59 Å². The molecule has 2 unspecified atom stereocenters. The molecule has 0 spiro atoms. The van der Waals surface area contributed by atoms with Crippen molar-refractivity contribution in [1.82, 2.24) is 5.16 Å². The molecule has 1 aromatic carbocycles. The fourth-order valence-corrected chi connectivity index (χ4v) is 2.76. The van der Waals surface area contributed by atoms with Gasteiger partial charge in [0, 0.05) is 11.8 Å². The van der Waals surface area contributed by atoms with Gasteiger partial charge in [-0.25, -0.2) is 0 Å². The standard InChI is InChI=1S/C18H21N3O3/c1-10(2)12-6-4-5-7-15(12)19-17(22)13-9-14(13)18(23)20-16-8-11(3)24-21-16/h4-8,10,13-14H,9H2,1-3H3,(H,19,22)(H,20,21,23). The molecule has 1 saturated carbocycles. The molecule has 0 saturated heterocycles. The van der Waals surface area contributed by atoms with Crippen LogP contribution < -0.4 is 10.6 Å². The maximum Gasteiger partial charge on any atom is 0.229 e. The van der Waals surface area contributed by atoms with Crippen LogP contribution in [-0.2, 0) is 9.59 Å². The first-order chi connectivity index (χ1) is 11.5. The van der Waals surface area contributed by atoms with E-state index < -0.39 is 0 Å². The van der Waals surface area contributed by atoms with Gasteiger partial charge in [-0.3, -0.25) is 9.59 Å². The zero-order valence-corrected chi connectivity index (χ0v) is 14.0. The molecule has 6 nitrogen and oxygen atoms in total. The summed E-state index contributed by atoms with van der Waals surface area (Å²) >= 11 is 0. The summed E-state index contributed by atoms with van der Waals surface area (Å²) in [7, 11) is 0. The fraction of sp³-hybridized carbons (Fsp3) is 0.389. The number of amides is 2. The first-order valence-corrected chi connectivity index (χ1v) is 8.09. The number of aryl methyl sites for hydroxylation is 1. The van der Waals surface area contributed by atoms with E-state index in [1.54, 1.807) is 13.0 Å². The molecule has 1 fully saturated rings. The van der Waals surface area contributed by atoms with E-state index in [0.717, 1.165) is 11.3 Å². The molecule has 2 amide bonds. The van der Waals surface area contributed by atoms with Crippen molar-refractivity contribution in [2.75, 3.05) is 10.6 Å². The number of carbonyl (C=O) groups excluding carboxylic acids is 2. The van der Waals surface area contributed by atoms with Gasteiger partial charge in [0.25, 0.3) is 0 Å². The minimum Gasteiger partial charge on any atom is -0.360 e. The molecule has 6 heteroatoms. The highest BCUT2D eigenvalue weighted by molar-refractivity contribution is 6.03. The van der Waals surface area contributed by atoms with Gasteiger partial charge >= 0.3 is 0 Å². The second-order valence-electron chi connectivity index (χ2n) is 6.49. The van der Waals surface area contributed by atoms with E-state index in [4.69, 9.17) is 4.52 Å². The number of hydrogen-bond acceptors (Lipinski definition) is 4. The zero-order chi connectivity index (χ0) is 17.3. The fourth-order valence-electron chi connectivity index (χ4n) is 2.76. The SMILES string of the molecule is Cc1cc(NC(=O)C2CC2C(=O)Nc2ccccc2C(C)C)no1. The van der Waals surface area contributed by atoms with Crippen molar-refractivity contribution in [3.05, 3.63) is 41.7 Å². The quantitative estimate of drug-likeness (QED) is 0.882. The Bertz CT molecular complexity index is 766. The number of carbonyl (C=O) groups is 2. The monoisotopic (exact) mass is 327 g/mol. The van der Waals surface area contributed by atoms with Crippen molar-refractivity contribution in [3.63, 3.8) is 0 Å². The summed E-state index contributed by atoms with van der Waals surface area (Å²) in [5.41, 5.74) is 1.90. The van der Waals surface area contributed by atoms with Crippen LogP contribution in [0.5, 0.6) is 0 Å². The van der Waals surface area contributed by atoms with Crippen LogP contribution in [0, 0.1) is 18.8 Å². The van der Waals surface area contributed by atoms with Crippen LogP contribution in [0.3, 0.4) is 0 Å². The third-order valence-electron chi connectivity index (χ3n) is 4.18. The molecule has 2 atom stereocenters. The van der Waals surface area contributed by atoms with E-state index in [1.807, 2.05) is 24.3 Å². The lowest BCUT2D eigenvalue weighted by molar-refractivity contribution is -0.122. The third-order valence-corrected chi connectivity index (χ3v) is 4.18. The van der Waals surface area contributed by atoms with Crippen molar-refractivity contribution < 1.29 is 14.1 Å². The smallest absolute Gasteiger partial charge is 0.229 e. The van der Waals surface area contributed by atoms with Crippen LogP contribution in [0.25, 0.3) is 0 Å². The lowest BCUT2D eigenvalue weighted by Crippen LogP contribution is -2.21. The topological polar surface area (TPSA) is 84.2 Å². The van der Waals surface area contributed by atoms with Gasteiger partial charge in [-0.05, 0) is 30.9 Å². The molecular formula is C18H21N3O3. The summed E-state index contributed by atoms with van der Waals surface area (Å²) in [6.07, 6.45) is 0.554. The van der Waals surface area contributed by atoms with Crippen molar-refractivity contribution in [2.45, 2.75) is 33.1 Å². The molecule has 1 aliphatic rings. The zero-order valence-electron chi connectivity index (χ0n) is 14.0. The molecule has 24 heavy (non-hydrogen) atoms. The number of para-hydroxylation sites is 1. The second-order valence-corrected chi connectivity index (χ2v) is 6.49. The second kappa shape index (κ2) is 6.47. The highest BCUT2D eigenvalue weighted by Crippen LogP contribution is 2.40. The Morgan fingerprint density at radius 2 is 1.83 bits per heavy atom. The molecule has 0 bridgehead atoms. The van der Waals surface area contributed by atoms with Gasteiger partial charge in [-0.2, -0.15) is 0 Å². The molecule has 1 aromatic heterocycles. The molecular weight excluding hydrogens is 306 g/mol. The van der Waals surface area contributed by atoms with Gasteiger partial charge in [0.1, 0.15) is 5.76 Å². The Balaban J connectivity index is 1.59. The van der Waals surface area contributed by atoms with Gasteiger partial charge in [-0.15, -0.1) is 0 Å². The average molecular weight is 327 g/mol. The Morgan fingerprint density at radius 1 is 1.17 bits per heavy atom. The molecule has 126 valence electrons. The minimum absolute atomic E-state index is 0.111. The molecule has 1 heterocycles. The normalized spacial score (nSPS) is 19.2. The molecule has 2 N–H and O–H groups in total. The van der Waals surface area contributed by atoms with E-state index in [2.05, 4.69) is 29.6 Å². The highest BCUT2D eigenvalue weighted by Gasteiger charge is 2.48. The van der Waals surface area contributed by atoms with E-state index in [-0.39, 0.29) is 23.7 Å². The number of benzene rings is 1. The van der Waals surface area contributed by atoms with Crippen molar-refractivity contribution in [1.29, 1.82) is 0 Å². The predicted molar refractivity (Wildman–Crippen MR) is 90.6 cm³/mol. The summed E-state index contributed by atoms with van der Waals surface area (Å²) in [6.45, 7) is 5.92. The van der Waals surface area contributed by atoms with E-state index in [1.165, 1.54) is 0 Å². The van der Waals surface area contributed by atoms with Crippen LogP contribution in [0.2, 0.25) is 0 Å². The first-order valence-electron chi connectivity index (χ1n) is 8.09. The van der Waals surface area contributed by atoms with Crippen LogP contribution in [0.1, 0.15) is 37.5 Å². The van der Waals surface area contributed by atoms with Crippen molar-refractivity contribution in [3.8, 4) is 0 Å². The highest BCUT2D eigenvalue weighted by atomic mass is 16.5. The maximum atomic E-state index is 12.4. The predicted octanol–water partition coefficient (Wildman–Crippen LogP) is 3.32. The molecule has 0 radical (unpaired) electrons. The lowest BCUT2D eigenvalue weighted by atomic mass is 10.0. The number of hydrogen-bond donors (Lipinski definition) is 2. The van der Waals surface area contributed by atoms with Gasteiger partial charge in [0.2, 0.25) is 11.8 Å². The minimum atomic E-state index is -0.312. The number of nitrogens with zero attached hydrogens (tertiary/aromatic N) is 1. The van der Waals surface area contributed by atoms with Gasteiger partial charge in [0.15, 0.2) is 5.82 Å². The summed E-state index contributed by atoms with van der Waals surface area (Å²) in [5, 5.41) is 9.36. The van der Waals surface area contributed by atoms with Crippen LogP contribution >= 0.6 is 0 Å². The van der Waals surface area contributed by atoms with Gasteiger partial charge in [0.05, 0.1) is 11.8 Å². The molecule has 2 aromatic rings. The third kappa shape index (κ3) is 3.48. The Kier molecular flexibility index (Phi) is 4.38. The molecule has 3 rings (SSSR count). The first kappa shape index (κ1) is 16.2. The van der Waals surface area contributed by atoms with Gasteiger partial charge in [-0.1, -0.05) is 37.2 Å². The summed E-state index contributed by atoms with van der Waals surface area (Å²) in [5.74, 6) is 0.413. The Labute approximate surface area is 140 Å². The number of rotatable bonds is 5. The maximum absolute atomic E-state index is 12.4. The summed E-state index contributed by atoms with van der Waals surface area (Å²) < 4.78 is 4.91. The lowest BCUT2D eigenvalue weighted by Gasteiger charge is -2.13. The van der Waals surface area contributed by atoms with E-state index >= 15 is 0 Å². The Hall–Kier alpha value is -2.63. The summed E-state index contributed by atoms with van der Waals surface area (Å²) in [4.78, 5) is 24.5. The summed E-state index contributed by atoms with van der Waals surface area (Å²) in [6, 6.07) is 9.39. The van der Waals surface area contributed by atoms with Crippen molar-refractivity contribution >= 4 is 23.3 Å². The van der Waals surface area contributed by atoms with Crippen LogP contribution in [0.15, 0.2) is 34.9 Å². The van der Waals surface area contributed by atoms with Crippen molar-refractivity contribution in [2.24, 2.45) is 11.8 Å². The van der Waals surface area contributed by atoms with Crippen LogP contribution in [-0.4, -0.2) is 17.0 Å². The van der Waals surface area contributed by atoms with Gasteiger partial charge < -0.3 is 15.2 Å². The number of anilines is 2. The number of nitrogens with one attached hydrogen (secondary N) is 2.